The minimum absolute atomic E-state index is 0.362. The van der Waals surface area contributed by atoms with Crippen molar-refractivity contribution in [1.29, 1.82) is 0 Å². The zero-order chi connectivity index (χ0) is 30.7. The lowest BCUT2D eigenvalue weighted by atomic mass is 9.93. The first-order valence-corrected chi connectivity index (χ1v) is 19.2. The molecule has 10 heteroatoms. The van der Waals surface area contributed by atoms with E-state index < -0.39 is 10.0 Å². The number of halogens is 1. The molecule has 1 aromatic heterocycles. The van der Waals surface area contributed by atoms with E-state index in [0.29, 0.717) is 19.5 Å². The molecule has 0 N–H and O–H groups in total. The molecule has 0 atom stereocenters. The molecule has 8 nitrogen and oxygen atoms in total. The van der Waals surface area contributed by atoms with E-state index in [1.165, 1.54) is 61.8 Å². The first-order valence-electron chi connectivity index (χ1n) is 17.0. The Morgan fingerprint density at radius 1 is 0.800 bits per heavy atom. The minimum Gasteiger partial charge on any atom is -0.301 e. The van der Waals surface area contributed by atoms with Gasteiger partial charge in [-0.25, -0.2) is 8.42 Å². The van der Waals surface area contributed by atoms with Gasteiger partial charge in [0.2, 0.25) is 10.0 Å². The number of aromatic nitrogens is 2. The monoisotopic (exact) mass is 648 g/mol. The van der Waals surface area contributed by atoms with E-state index in [1.807, 2.05) is 12.1 Å². The molecule has 0 radical (unpaired) electrons. The van der Waals surface area contributed by atoms with Crippen LogP contribution in [-0.2, 0) is 42.5 Å². The molecular weight excluding hydrogens is 604 g/mol. The Bertz CT molecular complexity index is 1690. The molecule has 1 saturated heterocycles. The van der Waals surface area contributed by atoms with Crippen LogP contribution in [0.4, 0.5) is 0 Å². The van der Waals surface area contributed by atoms with Gasteiger partial charge in [-0.1, -0.05) is 29.8 Å². The highest BCUT2D eigenvalue weighted by Gasteiger charge is 2.33. The lowest BCUT2D eigenvalue weighted by Crippen LogP contribution is -2.47. The number of nitrogens with zero attached hydrogens (tertiary/aromatic N) is 6. The van der Waals surface area contributed by atoms with Crippen molar-refractivity contribution >= 4 is 21.6 Å². The molecule has 0 unspecified atom stereocenters. The van der Waals surface area contributed by atoms with Gasteiger partial charge in [-0.3, -0.25) is 14.5 Å². The lowest BCUT2D eigenvalue weighted by Gasteiger charge is -2.34. The van der Waals surface area contributed by atoms with Gasteiger partial charge in [-0.15, -0.1) is 0 Å². The standard InChI is InChI=1S/C35H45ClN6O2S/c1-45(43,44)41-16-12-34-32(24-41)35(37-42(34)14-2-13-38-17-19-39(20-18-38)29-6-7-29)27-5-10-33(36)31(22-27)26-4-3-25-11-15-40(30-8-9-30)23-28(25)21-26/h3-5,10,21-22,29-30H,2,6-9,11-20,23-24H2,1H3. The molecule has 0 bridgehead atoms. The maximum Gasteiger partial charge on any atom is 0.211 e. The third-order valence-electron chi connectivity index (χ3n) is 10.7. The van der Waals surface area contributed by atoms with Crippen LogP contribution in [0.2, 0.25) is 5.02 Å². The first kappa shape index (κ1) is 30.1. The van der Waals surface area contributed by atoms with Crippen LogP contribution in [0.25, 0.3) is 22.4 Å². The number of hydrogen-bond donors (Lipinski definition) is 0. The molecule has 240 valence electrons. The highest BCUT2D eigenvalue weighted by Crippen LogP contribution is 2.38. The number of piperazine rings is 1. The zero-order valence-corrected chi connectivity index (χ0v) is 28.0. The Morgan fingerprint density at radius 3 is 2.31 bits per heavy atom. The summed E-state index contributed by atoms with van der Waals surface area (Å²) in [5.74, 6) is 0. The van der Waals surface area contributed by atoms with Crippen molar-refractivity contribution in [3.8, 4) is 22.4 Å². The number of hydrogen-bond acceptors (Lipinski definition) is 6. The molecular formula is C35H45ClN6O2S. The van der Waals surface area contributed by atoms with Crippen LogP contribution < -0.4 is 0 Å². The number of rotatable bonds is 9. The van der Waals surface area contributed by atoms with E-state index in [1.54, 1.807) is 4.31 Å². The van der Waals surface area contributed by atoms with E-state index in [9.17, 15) is 8.42 Å². The van der Waals surface area contributed by atoms with Crippen LogP contribution in [-0.4, -0.2) is 101 Å². The average molecular weight is 649 g/mol. The maximum atomic E-state index is 12.6. The van der Waals surface area contributed by atoms with Crippen LogP contribution in [0, 0.1) is 0 Å². The summed E-state index contributed by atoms with van der Waals surface area (Å²) in [5.41, 5.74) is 9.07. The zero-order valence-electron chi connectivity index (χ0n) is 26.4. The van der Waals surface area contributed by atoms with Crippen molar-refractivity contribution in [3.63, 3.8) is 0 Å². The summed E-state index contributed by atoms with van der Waals surface area (Å²) in [6, 6.07) is 14.6. The third-order valence-corrected chi connectivity index (χ3v) is 12.3. The van der Waals surface area contributed by atoms with Crippen LogP contribution in [0.5, 0.6) is 0 Å². The quantitative estimate of drug-likeness (QED) is 0.330. The topological polar surface area (TPSA) is 64.9 Å². The van der Waals surface area contributed by atoms with Crippen LogP contribution in [0.15, 0.2) is 36.4 Å². The van der Waals surface area contributed by atoms with Gasteiger partial charge in [0.15, 0.2) is 0 Å². The Hall–Kier alpha value is -2.27. The fourth-order valence-electron chi connectivity index (χ4n) is 7.79. The SMILES string of the molecule is CS(=O)(=O)N1CCc2c(c(-c3ccc(Cl)c(-c4ccc5c(c4)CN(C4CC4)CC5)c3)nn2CCCN2CCN(C3CC3)CC2)C1. The van der Waals surface area contributed by atoms with Crippen molar-refractivity contribution in [1.82, 2.24) is 28.8 Å². The first-order chi connectivity index (χ1) is 21.8. The van der Waals surface area contributed by atoms with Crippen LogP contribution in [0.3, 0.4) is 0 Å². The van der Waals surface area contributed by atoms with Gasteiger partial charge < -0.3 is 4.90 Å². The molecule has 0 amide bonds. The highest BCUT2D eigenvalue weighted by molar-refractivity contribution is 7.88. The average Bonchev–Trinajstić information content (AvgIpc) is 3.98. The van der Waals surface area contributed by atoms with Gasteiger partial charge in [-0.2, -0.15) is 9.40 Å². The van der Waals surface area contributed by atoms with Gasteiger partial charge in [0, 0.05) is 105 Å². The Morgan fingerprint density at radius 2 is 1.56 bits per heavy atom. The molecule has 4 heterocycles. The van der Waals surface area contributed by atoms with E-state index >= 15 is 0 Å². The Kier molecular flexibility index (Phi) is 8.07. The summed E-state index contributed by atoms with van der Waals surface area (Å²) in [6.07, 6.45) is 9.55. The predicted octanol–water partition coefficient (Wildman–Crippen LogP) is 4.88. The molecule has 45 heavy (non-hydrogen) atoms. The second-order valence-electron chi connectivity index (χ2n) is 13.9. The third kappa shape index (κ3) is 6.36. The fourth-order valence-corrected chi connectivity index (χ4v) is 8.81. The molecule has 2 aliphatic carbocycles. The second kappa shape index (κ2) is 12.1. The smallest absolute Gasteiger partial charge is 0.211 e. The van der Waals surface area contributed by atoms with Crippen molar-refractivity contribution in [2.24, 2.45) is 0 Å². The largest absolute Gasteiger partial charge is 0.301 e. The van der Waals surface area contributed by atoms with Gasteiger partial charge in [0.1, 0.15) is 0 Å². The molecule has 3 aromatic rings. The predicted molar refractivity (Wildman–Crippen MR) is 180 cm³/mol. The van der Waals surface area contributed by atoms with Gasteiger partial charge in [0.25, 0.3) is 0 Å². The lowest BCUT2D eigenvalue weighted by molar-refractivity contribution is 0.124. The molecule has 8 rings (SSSR count). The summed E-state index contributed by atoms with van der Waals surface area (Å²) >= 11 is 6.86. The van der Waals surface area contributed by atoms with Crippen LogP contribution >= 0.6 is 11.6 Å². The van der Waals surface area contributed by atoms with Gasteiger partial charge in [0.05, 0.1) is 11.9 Å². The molecule has 0 spiro atoms. The van der Waals surface area contributed by atoms with Crippen molar-refractivity contribution in [2.75, 3.05) is 52.1 Å². The Balaban J connectivity index is 1.06. The summed E-state index contributed by atoms with van der Waals surface area (Å²) in [6.45, 7) is 9.62. The maximum absolute atomic E-state index is 12.6. The number of fused-ring (bicyclic) bond motifs is 2. The summed E-state index contributed by atoms with van der Waals surface area (Å²) in [4.78, 5) is 7.88. The van der Waals surface area contributed by atoms with E-state index in [2.05, 4.69) is 43.6 Å². The summed E-state index contributed by atoms with van der Waals surface area (Å²) in [5, 5.41) is 5.92. The van der Waals surface area contributed by atoms with E-state index in [-0.39, 0.29) is 0 Å². The molecule has 3 aliphatic heterocycles. The van der Waals surface area contributed by atoms with Gasteiger partial charge >= 0.3 is 0 Å². The minimum atomic E-state index is -3.31. The van der Waals surface area contributed by atoms with E-state index in [4.69, 9.17) is 16.7 Å². The fraction of sp³-hybridized carbons (Fsp3) is 0.571. The normalized spacial score (nSPS) is 22.0. The Labute approximate surface area is 273 Å². The highest BCUT2D eigenvalue weighted by atomic mass is 35.5. The summed E-state index contributed by atoms with van der Waals surface area (Å²) in [7, 11) is -3.31. The van der Waals surface area contributed by atoms with Crippen molar-refractivity contribution in [3.05, 3.63) is 63.8 Å². The number of aryl methyl sites for hydroxylation is 1. The molecule has 2 aromatic carbocycles. The molecule has 2 saturated carbocycles. The van der Waals surface area contributed by atoms with Crippen LogP contribution in [0.1, 0.15) is 54.5 Å². The van der Waals surface area contributed by atoms with Crippen molar-refractivity contribution < 1.29 is 8.42 Å². The molecule has 5 aliphatic rings. The van der Waals surface area contributed by atoms with Crippen molar-refractivity contribution in [2.45, 2.75) is 76.7 Å². The van der Waals surface area contributed by atoms with E-state index in [0.717, 1.165) is 97.2 Å². The number of sulfonamides is 1. The molecule has 3 fully saturated rings. The van der Waals surface area contributed by atoms with Gasteiger partial charge in [-0.05, 0) is 80.0 Å². The summed E-state index contributed by atoms with van der Waals surface area (Å²) < 4.78 is 29.0. The number of benzene rings is 2. The second-order valence-corrected chi connectivity index (χ2v) is 16.3.